The molecule has 7 nitrogen and oxygen atoms in total. The molecule has 0 atom stereocenters. The summed E-state index contributed by atoms with van der Waals surface area (Å²) in [4.78, 5) is 24.9. The Bertz CT molecular complexity index is 1070. The highest BCUT2D eigenvalue weighted by molar-refractivity contribution is 5.99. The van der Waals surface area contributed by atoms with Crippen molar-refractivity contribution in [2.45, 2.75) is 26.6 Å². The summed E-state index contributed by atoms with van der Waals surface area (Å²) < 4.78 is 16.7. The second-order valence-electron chi connectivity index (χ2n) is 7.24. The second kappa shape index (κ2) is 10.9. The number of amides is 2. The van der Waals surface area contributed by atoms with Crippen molar-refractivity contribution in [2.75, 3.05) is 7.11 Å². The standard InChI is InChI=1S/C25H26N2O5/c1-17(2)32-22-13-12-20(15-23(22)30-3)25(29)27-26-24(28)19-10-7-11-21(14-19)31-16-18-8-5-4-6-9-18/h4-15,17H,16H2,1-3H3,(H,26,28)(H,27,29). The van der Waals surface area contributed by atoms with Crippen LogP contribution in [0.4, 0.5) is 0 Å². The van der Waals surface area contributed by atoms with Crippen molar-refractivity contribution in [3.63, 3.8) is 0 Å². The fourth-order valence-electron chi connectivity index (χ4n) is 2.89. The van der Waals surface area contributed by atoms with Gasteiger partial charge >= 0.3 is 0 Å². The van der Waals surface area contributed by atoms with Crippen LogP contribution in [0.3, 0.4) is 0 Å². The van der Waals surface area contributed by atoms with Gasteiger partial charge in [-0.2, -0.15) is 0 Å². The number of benzene rings is 3. The predicted octanol–water partition coefficient (Wildman–Crippen LogP) is 4.14. The molecule has 0 fully saturated rings. The molecule has 0 saturated carbocycles. The van der Waals surface area contributed by atoms with Crippen LogP contribution < -0.4 is 25.1 Å². The first-order valence-corrected chi connectivity index (χ1v) is 10.2. The minimum absolute atomic E-state index is 0.0321. The number of carbonyl (C=O) groups excluding carboxylic acids is 2. The van der Waals surface area contributed by atoms with E-state index in [2.05, 4.69) is 10.9 Å². The van der Waals surface area contributed by atoms with Gasteiger partial charge in [0.2, 0.25) is 0 Å². The Morgan fingerprint density at radius 1 is 0.812 bits per heavy atom. The molecule has 7 heteroatoms. The van der Waals surface area contributed by atoms with Crippen LogP contribution in [-0.4, -0.2) is 25.0 Å². The average molecular weight is 434 g/mol. The number of methoxy groups -OCH3 is 1. The zero-order valence-corrected chi connectivity index (χ0v) is 18.3. The van der Waals surface area contributed by atoms with Crippen LogP contribution in [0.25, 0.3) is 0 Å². The van der Waals surface area contributed by atoms with Gasteiger partial charge in [-0.1, -0.05) is 36.4 Å². The fourth-order valence-corrected chi connectivity index (χ4v) is 2.89. The Hall–Kier alpha value is -4.00. The Morgan fingerprint density at radius 3 is 2.16 bits per heavy atom. The SMILES string of the molecule is COc1cc(C(=O)NNC(=O)c2cccc(OCc3ccccc3)c2)ccc1OC(C)C. The van der Waals surface area contributed by atoms with Gasteiger partial charge in [0.1, 0.15) is 12.4 Å². The molecule has 3 rings (SSSR count). The van der Waals surface area contributed by atoms with E-state index in [0.29, 0.717) is 35.0 Å². The molecule has 0 saturated heterocycles. The largest absolute Gasteiger partial charge is 0.493 e. The van der Waals surface area contributed by atoms with Crippen LogP contribution >= 0.6 is 0 Å². The molecule has 166 valence electrons. The smallest absolute Gasteiger partial charge is 0.269 e. The molecule has 0 aliphatic rings. The maximum Gasteiger partial charge on any atom is 0.269 e. The molecule has 0 spiro atoms. The minimum Gasteiger partial charge on any atom is -0.493 e. The number of hydrogen-bond donors (Lipinski definition) is 2. The first kappa shape index (κ1) is 22.7. The monoisotopic (exact) mass is 434 g/mol. The van der Waals surface area contributed by atoms with E-state index in [-0.39, 0.29) is 6.10 Å². The molecule has 0 aliphatic heterocycles. The number of hydrogen-bond acceptors (Lipinski definition) is 5. The molecule has 0 aromatic heterocycles. The van der Waals surface area contributed by atoms with Crippen molar-refractivity contribution < 1.29 is 23.8 Å². The van der Waals surface area contributed by atoms with Crippen molar-refractivity contribution in [1.82, 2.24) is 10.9 Å². The van der Waals surface area contributed by atoms with Crippen LogP contribution in [-0.2, 0) is 6.61 Å². The van der Waals surface area contributed by atoms with E-state index in [0.717, 1.165) is 5.56 Å². The van der Waals surface area contributed by atoms with Crippen LogP contribution in [0, 0.1) is 0 Å². The first-order chi connectivity index (χ1) is 15.5. The van der Waals surface area contributed by atoms with Crippen LogP contribution in [0.2, 0.25) is 0 Å². The summed E-state index contributed by atoms with van der Waals surface area (Å²) in [5.41, 5.74) is 6.52. The van der Waals surface area contributed by atoms with E-state index in [1.54, 1.807) is 42.5 Å². The summed E-state index contributed by atoms with van der Waals surface area (Å²) in [5, 5.41) is 0. The van der Waals surface area contributed by atoms with Gasteiger partial charge in [-0.3, -0.25) is 20.4 Å². The second-order valence-corrected chi connectivity index (χ2v) is 7.24. The molecule has 0 bridgehead atoms. The van der Waals surface area contributed by atoms with Gasteiger partial charge < -0.3 is 14.2 Å². The number of carbonyl (C=O) groups is 2. The quantitative estimate of drug-likeness (QED) is 0.521. The molecular formula is C25H26N2O5. The molecule has 3 aromatic rings. The van der Waals surface area contributed by atoms with Gasteiger partial charge in [-0.15, -0.1) is 0 Å². The third kappa shape index (κ3) is 6.25. The van der Waals surface area contributed by atoms with E-state index in [4.69, 9.17) is 14.2 Å². The lowest BCUT2D eigenvalue weighted by Gasteiger charge is -2.14. The van der Waals surface area contributed by atoms with Crippen molar-refractivity contribution in [1.29, 1.82) is 0 Å². The van der Waals surface area contributed by atoms with Gasteiger partial charge in [-0.05, 0) is 55.8 Å². The molecule has 3 aromatic carbocycles. The Labute approximate surface area is 187 Å². The Morgan fingerprint density at radius 2 is 1.50 bits per heavy atom. The van der Waals surface area contributed by atoms with Crippen molar-refractivity contribution in [2.24, 2.45) is 0 Å². The number of ether oxygens (including phenoxy) is 3. The van der Waals surface area contributed by atoms with Gasteiger partial charge in [0.15, 0.2) is 11.5 Å². The van der Waals surface area contributed by atoms with Gasteiger partial charge in [0.05, 0.1) is 13.2 Å². The zero-order valence-electron chi connectivity index (χ0n) is 18.3. The molecule has 2 amide bonds. The summed E-state index contributed by atoms with van der Waals surface area (Å²) in [6.45, 7) is 4.19. The van der Waals surface area contributed by atoms with Crippen LogP contribution in [0.5, 0.6) is 17.2 Å². The highest BCUT2D eigenvalue weighted by atomic mass is 16.5. The molecule has 0 aliphatic carbocycles. The topological polar surface area (TPSA) is 85.9 Å². The maximum atomic E-state index is 12.5. The number of hydrazine groups is 1. The van der Waals surface area contributed by atoms with Crippen molar-refractivity contribution in [3.8, 4) is 17.2 Å². The van der Waals surface area contributed by atoms with E-state index in [9.17, 15) is 9.59 Å². The molecule has 0 unspecified atom stereocenters. The third-order valence-corrected chi connectivity index (χ3v) is 4.42. The van der Waals surface area contributed by atoms with E-state index >= 15 is 0 Å². The molecule has 32 heavy (non-hydrogen) atoms. The summed E-state index contributed by atoms with van der Waals surface area (Å²) in [5.74, 6) is 0.578. The number of rotatable bonds is 8. The van der Waals surface area contributed by atoms with Gasteiger partial charge in [0, 0.05) is 11.1 Å². The van der Waals surface area contributed by atoms with Crippen LogP contribution in [0.15, 0.2) is 72.8 Å². The van der Waals surface area contributed by atoms with E-state index in [1.165, 1.54) is 7.11 Å². The summed E-state index contributed by atoms with van der Waals surface area (Å²) in [6.07, 6.45) is -0.0321. The van der Waals surface area contributed by atoms with Crippen molar-refractivity contribution >= 4 is 11.8 Å². The van der Waals surface area contributed by atoms with E-state index in [1.807, 2.05) is 44.2 Å². The van der Waals surface area contributed by atoms with Gasteiger partial charge in [0.25, 0.3) is 11.8 Å². The summed E-state index contributed by atoms with van der Waals surface area (Å²) in [6, 6.07) is 21.3. The zero-order chi connectivity index (χ0) is 22.9. The summed E-state index contributed by atoms with van der Waals surface area (Å²) >= 11 is 0. The Kier molecular flexibility index (Phi) is 7.70. The fraction of sp³-hybridized carbons (Fsp3) is 0.200. The third-order valence-electron chi connectivity index (χ3n) is 4.42. The highest BCUT2D eigenvalue weighted by Crippen LogP contribution is 2.28. The lowest BCUT2D eigenvalue weighted by Crippen LogP contribution is -2.41. The first-order valence-electron chi connectivity index (χ1n) is 10.2. The predicted molar refractivity (Wildman–Crippen MR) is 121 cm³/mol. The molecule has 0 heterocycles. The normalized spacial score (nSPS) is 10.4. The lowest BCUT2D eigenvalue weighted by atomic mass is 10.2. The molecule has 0 radical (unpaired) electrons. The van der Waals surface area contributed by atoms with Crippen LogP contribution in [0.1, 0.15) is 40.1 Å². The van der Waals surface area contributed by atoms with E-state index < -0.39 is 11.8 Å². The van der Waals surface area contributed by atoms with Crippen molar-refractivity contribution in [3.05, 3.63) is 89.5 Å². The lowest BCUT2D eigenvalue weighted by molar-refractivity contribution is 0.0846. The summed E-state index contributed by atoms with van der Waals surface area (Å²) in [7, 11) is 1.50. The highest BCUT2D eigenvalue weighted by Gasteiger charge is 2.14. The average Bonchev–Trinajstić information content (AvgIpc) is 2.81. The number of nitrogens with one attached hydrogen (secondary N) is 2. The Balaban J connectivity index is 1.58. The molecule has 2 N–H and O–H groups in total. The van der Waals surface area contributed by atoms with Gasteiger partial charge in [-0.25, -0.2) is 0 Å². The maximum absolute atomic E-state index is 12.5. The molecular weight excluding hydrogens is 408 g/mol. The minimum atomic E-state index is -0.482.